The van der Waals surface area contributed by atoms with E-state index in [0.29, 0.717) is 4.47 Å². The Morgan fingerprint density at radius 2 is 2.16 bits per heavy atom. The van der Waals surface area contributed by atoms with Gasteiger partial charge >= 0.3 is 17.7 Å². The van der Waals surface area contributed by atoms with Crippen LogP contribution in [-0.4, -0.2) is 45.3 Å². The fourth-order valence-electron chi connectivity index (χ4n) is 1.80. The predicted octanol–water partition coefficient (Wildman–Crippen LogP) is 2.53. The molecule has 1 amide bonds. The summed E-state index contributed by atoms with van der Waals surface area (Å²) in [7, 11) is 0. The third kappa shape index (κ3) is 6.53. The molecule has 1 rings (SSSR count). The molecule has 0 fully saturated rings. The highest BCUT2D eigenvalue weighted by atomic mass is 79.9. The molecule has 1 atom stereocenters. The fraction of sp³-hybridized carbons (Fsp3) is 0.500. The zero-order valence-corrected chi connectivity index (χ0v) is 15.5. The van der Waals surface area contributed by atoms with Crippen molar-refractivity contribution in [3.8, 4) is 0 Å². The average Bonchev–Trinajstić information content (AvgIpc) is 2.50. The van der Waals surface area contributed by atoms with Crippen LogP contribution in [0.15, 0.2) is 16.7 Å². The maximum atomic E-state index is 11.8. The van der Waals surface area contributed by atoms with E-state index in [-0.39, 0.29) is 24.5 Å². The minimum absolute atomic E-state index is 0.0275. The van der Waals surface area contributed by atoms with Gasteiger partial charge in [-0.3, -0.25) is 10.1 Å². The normalized spacial score (nSPS) is 12.2. The Kier molecular flexibility index (Phi) is 7.09. The van der Waals surface area contributed by atoms with Crippen LogP contribution in [0.25, 0.3) is 0 Å². The molecule has 0 aliphatic heterocycles. The number of pyridine rings is 1. The largest absolute Gasteiger partial charge is 0.480 e. The topological polar surface area (TPSA) is 144 Å². The zero-order chi connectivity index (χ0) is 19.2. The van der Waals surface area contributed by atoms with Crippen molar-refractivity contribution in [3.05, 3.63) is 26.9 Å². The summed E-state index contributed by atoms with van der Waals surface area (Å²) >= 11 is 3.11. The maximum Gasteiger partial charge on any atom is 0.408 e. The van der Waals surface area contributed by atoms with Gasteiger partial charge in [-0.05, 0) is 36.2 Å². The van der Waals surface area contributed by atoms with Crippen LogP contribution in [0.2, 0.25) is 0 Å². The SMILES string of the molecule is CCC(NC(=O)OC(C)(C)CNc1ncc(Br)cc1[N+](=O)[O-])C(=O)O. The van der Waals surface area contributed by atoms with Crippen LogP contribution < -0.4 is 10.6 Å². The van der Waals surface area contributed by atoms with Crippen molar-refractivity contribution < 1.29 is 24.4 Å². The minimum atomic E-state index is -1.16. The van der Waals surface area contributed by atoms with Crippen LogP contribution in [0.1, 0.15) is 27.2 Å². The average molecular weight is 419 g/mol. The number of nitrogens with one attached hydrogen (secondary N) is 2. The number of nitro groups is 1. The number of halogens is 1. The number of carbonyl (C=O) groups excluding carboxylic acids is 1. The Bertz CT molecular complexity index is 667. The van der Waals surface area contributed by atoms with Crippen molar-refractivity contribution >= 4 is 39.5 Å². The molecule has 1 aromatic heterocycles. The quantitative estimate of drug-likeness (QED) is 0.431. The molecule has 0 aliphatic rings. The van der Waals surface area contributed by atoms with E-state index in [0.717, 1.165) is 0 Å². The van der Waals surface area contributed by atoms with Crippen LogP contribution in [0.4, 0.5) is 16.3 Å². The molecule has 0 radical (unpaired) electrons. The van der Waals surface area contributed by atoms with Crippen LogP contribution in [-0.2, 0) is 9.53 Å². The van der Waals surface area contributed by atoms with Crippen molar-refractivity contribution in [1.29, 1.82) is 0 Å². The first-order chi connectivity index (χ1) is 11.6. The molecule has 10 nitrogen and oxygen atoms in total. The van der Waals surface area contributed by atoms with Crippen LogP contribution in [0, 0.1) is 10.1 Å². The lowest BCUT2D eigenvalue weighted by Gasteiger charge is -2.26. The monoisotopic (exact) mass is 418 g/mol. The number of rotatable bonds is 8. The second kappa shape index (κ2) is 8.60. The molecule has 1 heterocycles. The second-order valence-electron chi connectivity index (χ2n) is 5.72. The number of ether oxygens (including phenoxy) is 1. The molecule has 0 bridgehead atoms. The Hall–Kier alpha value is -2.43. The van der Waals surface area contributed by atoms with E-state index in [2.05, 4.69) is 31.5 Å². The highest BCUT2D eigenvalue weighted by Crippen LogP contribution is 2.26. The van der Waals surface area contributed by atoms with Gasteiger partial charge in [0, 0.05) is 16.7 Å². The number of hydrogen-bond acceptors (Lipinski definition) is 7. The molecule has 1 unspecified atom stereocenters. The van der Waals surface area contributed by atoms with Gasteiger partial charge in [0.1, 0.15) is 11.6 Å². The number of anilines is 1. The highest BCUT2D eigenvalue weighted by Gasteiger charge is 2.27. The number of alkyl carbamates (subject to hydrolysis) is 1. The van der Waals surface area contributed by atoms with Gasteiger partial charge in [0.15, 0.2) is 0 Å². The van der Waals surface area contributed by atoms with Crippen LogP contribution >= 0.6 is 15.9 Å². The number of carboxylic acid groups (broad SMARTS) is 1. The first kappa shape index (κ1) is 20.6. The van der Waals surface area contributed by atoms with Gasteiger partial charge in [0.05, 0.1) is 11.5 Å². The predicted molar refractivity (Wildman–Crippen MR) is 92.5 cm³/mol. The third-order valence-electron chi connectivity index (χ3n) is 3.08. The van der Waals surface area contributed by atoms with Gasteiger partial charge in [-0.2, -0.15) is 0 Å². The van der Waals surface area contributed by atoms with E-state index >= 15 is 0 Å². The lowest BCUT2D eigenvalue weighted by molar-refractivity contribution is -0.384. The van der Waals surface area contributed by atoms with E-state index in [1.165, 1.54) is 12.3 Å². The molecule has 3 N–H and O–H groups in total. The Labute approximate surface area is 152 Å². The van der Waals surface area contributed by atoms with Crippen LogP contribution in [0.3, 0.4) is 0 Å². The zero-order valence-electron chi connectivity index (χ0n) is 13.9. The van der Waals surface area contributed by atoms with Gasteiger partial charge in [-0.1, -0.05) is 6.92 Å². The van der Waals surface area contributed by atoms with Crippen molar-refractivity contribution in [3.63, 3.8) is 0 Å². The smallest absolute Gasteiger partial charge is 0.408 e. The number of nitrogens with zero attached hydrogens (tertiary/aromatic N) is 2. The summed E-state index contributed by atoms with van der Waals surface area (Å²) in [5.41, 5.74) is -1.30. The molecule has 25 heavy (non-hydrogen) atoms. The van der Waals surface area contributed by atoms with Crippen LogP contribution in [0.5, 0.6) is 0 Å². The molecule has 0 saturated heterocycles. The Morgan fingerprint density at radius 1 is 1.52 bits per heavy atom. The van der Waals surface area contributed by atoms with Gasteiger partial charge in [0.2, 0.25) is 5.82 Å². The summed E-state index contributed by atoms with van der Waals surface area (Å²) < 4.78 is 5.64. The number of aliphatic carboxylic acids is 1. The van der Waals surface area contributed by atoms with E-state index in [1.54, 1.807) is 20.8 Å². The lowest BCUT2D eigenvalue weighted by Crippen LogP contribution is -2.45. The number of hydrogen-bond donors (Lipinski definition) is 3. The number of amides is 1. The second-order valence-corrected chi connectivity index (χ2v) is 6.64. The maximum absolute atomic E-state index is 11.8. The molecular formula is C14H19BrN4O6. The minimum Gasteiger partial charge on any atom is -0.480 e. The molecule has 0 saturated carbocycles. The standard InChI is InChI=1S/C14H19BrN4O6/c1-4-9(12(20)21)18-13(22)25-14(2,3)7-17-11-10(19(23)24)5-8(15)6-16-11/h5-6,9H,4,7H2,1-3H3,(H,16,17)(H,18,22)(H,20,21). The van der Waals surface area contributed by atoms with E-state index in [4.69, 9.17) is 9.84 Å². The van der Waals surface area contributed by atoms with E-state index < -0.39 is 28.6 Å². The number of carboxylic acids is 1. The van der Waals surface area contributed by atoms with Crippen molar-refractivity contribution in [2.75, 3.05) is 11.9 Å². The summed E-state index contributed by atoms with van der Waals surface area (Å²) in [4.78, 5) is 37.1. The summed E-state index contributed by atoms with van der Waals surface area (Å²) in [5, 5.41) is 25.0. The summed E-state index contributed by atoms with van der Waals surface area (Å²) in [6, 6.07) is 0.250. The Balaban J connectivity index is 2.71. The molecular weight excluding hydrogens is 400 g/mol. The summed E-state index contributed by atoms with van der Waals surface area (Å²) in [6.45, 7) is 4.79. The molecule has 138 valence electrons. The molecule has 1 aromatic rings. The summed E-state index contributed by atoms with van der Waals surface area (Å²) in [6.07, 6.45) is 0.714. The first-order valence-corrected chi connectivity index (χ1v) is 8.11. The first-order valence-electron chi connectivity index (χ1n) is 7.32. The van der Waals surface area contributed by atoms with Gasteiger partial charge < -0.3 is 20.5 Å². The van der Waals surface area contributed by atoms with Crippen molar-refractivity contribution in [1.82, 2.24) is 10.3 Å². The summed E-state index contributed by atoms with van der Waals surface area (Å²) in [5.74, 6) is -1.13. The van der Waals surface area contributed by atoms with E-state index in [1.807, 2.05) is 0 Å². The van der Waals surface area contributed by atoms with E-state index in [9.17, 15) is 19.7 Å². The third-order valence-corrected chi connectivity index (χ3v) is 3.51. The molecule has 0 spiro atoms. The molecule has 0 aromatic carbocycles. The fourth-order valence-corrected chi connectivity index (χ4v) is 2.12. The molecule has 11 heteroatoms. The number of carbonyl (C=O) groups is 2. The Morgan fingerprint density at radius 3 is 2.68 bits per heavy atom. The van der Waals surface area contributed by atoms with Gasteiger partial charge in [-0.25, -0.2) is 14.6 Å². The van der Waals surface area contributed by atoms with Crippen molar-refractivity contribution in [2.24, 2.45) is 0 Å². The number of aromatic nitrogens is 1. The van der Waals surface area contributed by atoms with Gasteiger partial charge in [0.25, 0.3) is 0 Å². The van der Waals surface area contributed by atoms with Crippen molar-refractivity contribution in [2.45, 2.75) is 38.8 Å². The van der Waals surface area contributed by atoms with Gasteiger partial charge in [-0.15, -0.1) is 0 Å². The lowest BCUT2D eigenvalue weighted by atomic mass is 10.1. The molecule has 0 aliphatic carbocycles. The highest BCUT2D eigenvalue weighted by molar-refractivity contribution is 9.10.